The number of aromatic nitrogens is 3. The minimum Gasteiger partial charge on any atom is -0.338 e. The Hall–Kier alpha value is -4.55. The second-order valence-corrected chi connectivity index (χ2v) is 11.7. The van der Waals surface area contributed by atoms with Crippen molar-refractivity contribution in [2.75, 3.05) is 44.2 Å². The van der Waals surface area contributed by atoms with Crippen LogP contribution >= 0.6 is 0 Å². The molecule has 2 aromatic carbocycles. The zero-order valence-electron chi connectivity index (χ0n) is 23.8. The summed E-state index contributed by atoms with van der Waals surface area (Å²) in [6.45, 7) is 4.32. The molecule has 2 amide bonds. The zero-order chi connectivity index (χ0) is 28.8. The largest absolute Gasteiger partial charge is 0.338 e. The van der Waals surface area contributed by atoms with E-state index in [9.17, 15) is 9.59 Å². The predicted octanol–water partition coefficient (Wildman–Crippen LogP) is 3.16. The Labute approximate surface area is 245 Å². The fraction of sp³-hybridized carbons (Fsp3) is 0.364. The topological polar surface area (TPSA) is 86.9 Å². The number of nitrogens with zero attached hydrogens (tertiary/aromatic N) is 7. The highest BCUT2D eigenvalue weighted by atomic mass is 16.2. The van der Waals surface area contributed by atoms with Crippen LogP contribution in [0, 0.1) is 17.8 Å². The second-order valence-electron chi connectivity index (χ2n) is 11.7. The van der Waals surface area contributed by atoms with Crippen LogP contribution in [-0.4, -0.2) is 81.4 Å². The maximum Gasteiger partial charge on any atom is 0.237 e. The maximum atomic E-state index is 13.7. The number of hydrogen-bond donors (Lipinski definition) is 0. The average molecular weight is 560 g/mol. The number of anilines is 1. The molecule has 0 radical (unpaired) electrons. The van der Waals surface area contributed by atoms with Gasteiger partial charge in [0.2, 0.25) is 11.8 Å². The summed E-state index contributed by atoms with van der Waals surface area (Å²) in [7, 11) is 1.86. The van der Waals surface area contributed by atoms with Crippen LogP contribution in [0.2, 0.25) is 0 Å². The zero-order valence-corrected chi connectivity index (χ0v) is 23.8. The number of fused-ring (bicyclic) bond motifs is 1. The molecular weight excluding hydrogens is 526 g/mol. The summed E-state index contributed by atoms with van der Waals surface area (Å²) in [5.74, 6) is 3.66. The number of amides is 2. The standard InChI is InChI=1S/C33H33N7O2/c1-3-29-28-18-27(9-8-26(28)19-34-29)40-17-13-33(32(40)42)12-16-38(21-33)20-30(41)39-14-10-24(11-15-39)23-4-6-25(7-5-23)31-35-22-37(2)36-31/h1,4-10,18,22H,11-17,19-21H2,2H3/t33-/m0/s1. The van der Waals surface area contributed by atoms with Gasteiger partial charge in [0.1, 0.15) is 12.0 Å². The van der Waals surface area contributed by atoms with Gasteiger partial charge in [-0.2, -0.15) is 5.10 Å². The molecule has 1 aromatic heterocycles. The summed E-state index contributed by atoms with van der Waals surface area (Å²) < 4.78 is 1.70. The lowest BCUT2D eigenvalue weighted by Gasteiger charge is -2.29. The highest BCUT2D eigenvalue weighted by molar-refractivity contribution is 6.15. The van der Waals surface area contributed by atoms with E-state index < -0.39 is 5.41 Å². The maximum absolute atomic E-state index is 13.7. The van der Waals surface area contributed by atoms with Crippen molar-refractivity contribution in [3.8, 4) is 23.7 Å². The van der Waals surface area contributed by atoms with Crippen molar-refractivity contribution in [3.05, 3.63) is 71.6 Å². The number of carbonyl (C=O) groups is 2. The Morgan fingerprint density at radius 1 is 1.07 bits per heavy atom. The Morgan fingerprint density at radius 3 is 2.62 bits per heavy atom. The lowest BCUT2D eigenvalue weighted by molar-refractivity contribution is -0.132. The van der Waals surface area contributed by atoms with E-state index in [0.717, 1.165) is 48.2 Å². The molecule has 1 spiro atoms. The van der Waals surface area contributed by atoms with Gasteiger partial charge in [0.25, 0.3) is 0 Å². The number of rotatable bonds is 5. The normalized spacial score (nSPS) is 22.0. The van der Waals surface area contributed by atoms with Crippen LogP contribution < -0.4 is 4.90 Å². The molecule has 0 aliphatic carbocycles. The molecule has 0 N–H and O–H groups in total. The number of likely N-dealkylation sites (tertiary alicyclic amines) is 1. The first kappa shape index (κ1) is 26.4. The molecule has 0 bridgehead atoms. The molecule has 7 rings (SSSR count). The number of aryl methyl sites for hydroxylation is 1. The molecule has 4 aliphatic rings. The van der Waals surface area contributed by atoms with Crippen molar-refractivity contribution < 1.29 is 9.59 Å². The first-order valence-corrected chi connectivity index (χ1v) is 14.5. The molecule has 9 heteroatoms. The van der Waals surface area contributed by atoms with E-state index in [2.05, 4.69) is 44.1 Å². The average Bonchev–Trinajstić information content (AvgIpc) is 3.81. The van der Waals surface area contributed by atoms with Crippen LogP contribution in [0.15, 0.2) is 59.9 Å². The quantitative estimate of drug-likeness (QED) is 0.449. The SMILES string of the molecule is C#CC1=NCc2ccc(N3CC[C@]4(CCN(CC(=O)N5CC=C(c6ccc(-c7ncn(C)n7)cc6)CC5)C4)C3=O)cc21. The molecule has 5 heterocycles. The molecule has 1 atom stereocenters. The molecule has 2 fully saturated rings. The Balaban J connectivity index is 0.951. The molecule has 4 aliphatic heterocycles. The van der Waals surface area contributed by atoms with Gasteiger partial charge in [-0.25, -0.2) is 4.98 Å². The van der Waals surface area contributed by atoms with Crippen molar-refractivity contribution in [3.63, 3.8) is 0 Å². The van der Waals surface area contributed by atoms with E-state index in [1.165, 1.54) is 11.1 Å². The molecule has 3 aromatic rings. The second kappa shape index (κ2) is 10.4. The van der Waals surface area contributed by atoms with E-state index in [1.54, 1.807) is 11.0 Å². The highest BCUT2D eigenvalue weighted by Crippen LogP contribution is 2.43. The number of hydrogen-bond acceptors (Lipinski definition) is 6. The van der Waals surface area contributed by atoms with Gasteiger partial charge in [0.15, 0.2) is 5.82 Å². The number of benzene rings is 2. The van der Waals surface area contributed by atoms with Gasteiger partial charge in [0.05, 0.1) is 18.5 Å². The van der Waals surface area contributed by atoms with Gasteiger partial charge in [-0.3, -0.25) is 24.2 Å². The molecule has 0 saturated carbocycles. The molecule has 212 valence electrons. The van der Waals surface area contributed by atoms with Crippen LogP contribution in [0.1, 0.15) is 36.0 Å². The first-order valence-electron chi connectivity index (χ1n) is 14.5. The molecule has 0 unspecified atom stereocenters. The van der Waals surface area contributed by atoms with E-state index in [0.29, 0.717) is 50.8 Å². The van der Waals surface area contributed by atoms with Crippen molar-refractivity contribution >= 4 is 28.8 Å². The van der Waals surface area contributed by atoms with Gasteiger partial charge in [-0.05, 0) is 54.6 Å². The summed E-state index contributed by atoms with van der Waals surface area (Å²) in [6.07, 6.45) is 11.9. The summed E-state index contributed by atoms with van der Waals surface area (Å²) in [5.41, 5.74) is 6.59. The van der Waals surface area contributed by atoms with Crippen LogP contribution in [0.5, 0.6) is 0 Å². The summed E-state index contributed by atoms with van der Waals surface area (Å²) in [4.78, 5) is 41.7. The van der Waals surface area contributed by atoms with E-state index >= 15 is 0 Å². The van der Waals surface area contributed by atoms with Crippen LogP contribution in [-0.2, 0) is 23.2 Å². The van der Waals surface area contributed by atoms with Crippen molar-refractivity contribution in [1.29, 1.82) is 0 Å². The summed E-state index contributed by atoms with van der Waals surface area (Å²) in [5, 5.41) is 4.37. The van der Waals surface area contributed by atoms with E-state index in [4.69, 9.17) is 6.42 Å². The van der Waals surface area contributed by atoms with Gasteiger partial charge in [0, 0.05) is 50.0 Å². The molecular formula is C33H33N7O2. The van der Waals surface area contributed by atoms with Gasteiger partial charge in [-0.1, -0.05) is 42.3 Å². The van der Waals surface area contributed by atoms with Crippen molar-refractivity contribution in [1.82, 2.24) is 24.6 Å². The van der Waals surface area contributed by atoms with E-state index in [1.807, 2.05) is 47.2 Å². The van der Waals surface area contributed by atoms with Crippen LogP contribution in [0.3, 0.4) is 0 Å². The summed E-state index contributed by atoms with van der Waals surface area (Å²) in [6, 6.07) is 14.3. The Morgan fingerprint density at radius 2 is 1.88 bits per heavy atom. The predicted molar refractivity (Wildman–Crippen MR) is 162 cm³/mol. The first-order chi connectivity index (χ1) is 20.4. The monoisotopic (exact) mass is 559 g/mol. The molecule has 9 nitrogen and oxygen atoms in total. The Kier molecular flexibility index (Phi) is 6.51. The number of carbonyl (C=O) groups excluding carboxylic acids is 2. The number of terminal acetylenes is 1. The van der Waals surface area contributed by atoms with Gasteiger partial charge < -0.3 is 9.80 Å². The highest BCUT2D eigenvalue weighted by Gasteiger charge is 2.51. The fourth-order valence-electron chi connectivity index (χ4n) is 6.76. The lowest BCUT2D eigenvalue weighted by atomic mass is 9.85. The fourth-order valence-corrected chi connectivity index (χ4v) is 6.76. The Bertz CT molecular complexity index is 1680. The lowest BCUT2D eigenvalue weighted by Crippen LogP contribution is -2.43. The van der Waals surface area contributed by atoms with E-state index in [-0.39, 0.29) is 11.8 Å². The van der Waals surface area contributed by atoms with Gasteiger partial charge >= 0.3 is 0 Å². The van der Waals surface area contributed by atoms with Crippen molar-refractivity contribution in [2.45, 2.75) is 25.8 Å². The minimum atomic E-state index is -0.422. The van der Waals surface area contributed by atoms with Crippen LogP contribution in [0.4, 0.5) is 5.69 Å². The smallest absolute Gasteiger partial charge is 0.237 e. The minimum absolute atomic E-state index is 0.126. The van der Waals surface area contributed by atoms with Crippen molar-refractivity contribution in [2.24, 2.45) is 17.5 Å². The molecule has 42 heavy (non-hydrogen) atoms. The number of aliphatic imine (C=N–C) groups is 1. The third-order valence-corrected chi connectivity index (χ3v) is 9.18. The molecule has 2 saturated heterocycles. The third-order valence-electron chi connectivity index (χ3n) is 9.18. The third kappa shape index (κ3) is 4.62. The summed E-state index contributed by atoms with van der Waals surface area (Å²) >= 11 is 0. The van der Waals surface area contributed by atoms with Crippen LogP contribution in [0.25, 0.3) is 17.0 Å². The van der Waals surface area contributed by atoms with Gasteiger partial charge in [-0.15, -0.1) is 6.42 Å².